The van der Waals surface area contributed by atoms with Crippen LogP contribution in [0.15, 0.2) is 36.8 Å². The van der Waals surface area contributed by atoms with Crippen LogP contribution in [0.1, 0.15) is 40.0 Å². The molecular weight excluding hydrogens is 429 g/mol. The van der Waals surface area contributed by atoms with Crippen molar-refractivity contribution in [2.45, 2.75) is 46.1 Å². The molecule has 1 saturated heterocycles. The lowest BCUT2D eigenvalue weighted by Gasteiger charge is -2.36. The SMILES string of the molecule is CC(C)(C)[C@@H](Nc1cc(F)cc(Cl)c1)C(=O)C[C@@H]1CCCN(c2ncnc3[nH]ccc23)C1. The highest BCUT2D eigenvalue weighted by atomic mass is 35.5. The smallest absolute Gasteiger partial charge is 0.155 e. The maximum absolute atomic E-state index is 13.8. The van der Waals surface area contributed by atoms with E-state index in [1.54, 1.807) is 12.4 Å². The number of hydrogen-bond donors (Lipinski definition) is 2. The van der Waals surface area contributed by atoms with Gasteiger partial charge in [0, 0.05) is 36.4 Å². The van der Waals surface area contributed by atoms with E-state index in [0.29, 0.717) is 17.1 Å². The van der Waals surface area contributed by atoms with Gasteiger partial charge in [0.05, 0.1) is 11.4 Å². The molecule has 0 saturated carbocycles. The summed E-state index contributed by atoms with van der Waals surface area (Å²) in [5, 5.41) is 4.54. The number of rotatable bonds is 6. The Kier molecular flexibility index (Phi) is 6.38. The van der Waals surface area contributed by atoms with Crippen molar-refractivity contribution in [2.24, 2.45) is 11.3 Å². The lowest BCUT2D eigenvalue weighted by atomic mass is 9.80. The summed E-state index contributed by atoms with van der Waals surface area (Å²) in [6, 6.07) is 5.81. The van der Waals surface area contributed by atoms with Crippen LogP contribution < -0.4 is 10.2 Å². The summed E-state index contributed by atoms with van der Waals surface area (Å²) in [6.45, 7) is 7.72. The molecule has 0 unspecified atom stereocenters. The fourth-order valence-corrected chi connectivity index (χ4v) is 4.74. The standard InChI is InChI=1S/C24H29ClFN5O/c1-24(2,3)21(30-18-11-16(25)10-17(26)12-18)20(32)9-15-5-4-8-31(13-15)23-19-6-7-27-22(19)28-14-29-23/h6-7,10-12,14-15,21,30H,4-5,8-9,13H2,1-3H3,(H,27,28,29)/t15-,21-/m0/s1. The number of hydrogen-bond acceptors (Lipinski definition) is 5. The normalized spacial score (nSPS) is 18.0. The van der Waals surface area contributed by atoms with Gasteiger partial charge in [0.25, 0.3) is 0 Å². The Hall–Kier alpha value is -2.67. The van der Waals surface area contributed by atoms with Crippen molar-refractivity contribution in [2.75, 3.05) is 23.3 Å². The Morgan fingerprint density at radius 3 is 2.91 bits per heavy atom. The van der Waals surface area contributed by atoms with Crippen molar-refractivity contribution in [3.8, 4) is 0 Å². The lowest BCUT2D eigenvalue weighted by Crippen LogP contribution is -2.44. The second kappa shape index (κ2) is 9.06. The molecule has 1 aliphatic rings. The van der Waals surface area contributed by atoms with E-state index < -0.39 is 11.9 Å². The number of H-pyrrole nitrogens is 1. The third kappa shape index (κ3) is 5.04. The van der Waals surface area contributed by atoms with Crippen LogP contribution in [0.4, 0.5) is 15.9 Å². The summed E-state index contributed by atoms with van der Waals surface area (Å²) in [5.41, 5.74) is 0.997. The molecule has 8 heteroatoms. The highest BCUT2D eigenvalue weighted by Crippen LogP contribution is 2.31. The Balaban J connectivity index is 1.48. The van der Waals surface area contributed by atoms with Gasteiger partial charge in [-0.1, -0.05) is 32.4 Å². The minimum absolute atomic E-state index is 0.124. The molecule has 2 atom stereocenters. The Morgan fingerprint density at radius 1 is 1.34 bits per heavy atom. The molecule has 0 bridgehead atoms. The van der Waals surface area contributed by atoms with E-state index in [2.05, 4.69) is 25.2 Å². The first-order valence-electron chi connectivity index (χ1n) is 11.0. The largest absolute Gasteiger partial charge is 0.375 e. The van der Waals surface area contributed by atoms with Crippen LogP contribution in [-0.2, 0) is 4.79 Å². The summed E-state index contributed by atoms with van der Waals surface area (Å²) in [5.74, 6) is 0.833. The van der Waals surface area contributed by atoms with Crippen molar-refractivity contribution in [1.82, 2.24) is 15.0 Å². The van der Waals surface area contributed by atoms with Gasteiger partial charge in [-0.2, -0.15) is 0 Å². The van der Waals surface area contributed by atoms with Gasteiger partial charge in [-0.3, -0.25) is 4.79 Å². The first kappa shape index (κ1) is 22.5. The van der Waals surface area contributed by atoms with Crippen LogP contribution in [0.3, 0.4) is 0 Å². The number of nitrogens with one attached hydrogen (secondary N) is 2. The Labute approximate surface area is 192 Å². The number of aromatic amines is 1. The van der Waals surface area contributed by atoms with E-state index in [4.69, 9.17) is 11.6 Å². The fourth-order valence-electron chi connectivity index (χ4n) is 4.52. The first-order chi connectivity index (χ1) is 15.2. The molecule has 6 nitrogen and oxygen atoms in total. The monoisotopic (exact) mass is 457 g/mol. The first-order valence-corrected chi connectivity index (χ1v) is 11.4. The van der Waals surface area contributed by atoms with Crippen LogP contribution in [0, 0.1) is 17.2 Å². The van der Waals surface area contributed by atoms with Crippen LogP contribution in [-0.4, -0.2) is 39.9 Å². The number of carbonyl (C=O) groups excluding carboxylic acids is 1. The van der Waals surface area contributed by atoms with Gasteiger partial charge < -0.3 is 15.2 Å². The number of benzene rings is 1. The number of halogens is 2. The minimum Gasteiger partial charge on any atom is -0.375 e. The second-order valence-electron chi connectivity index (χ2n) is 9.66. The van der Waals surface area contributed by atoms with E-state index in [1.165, 1.54) is 12.1 Å². The number of carbonyl (C=O) groups is 1. The number of nitrogens with zero attached hydrogens (tertiary/aromatic N) is 3. The number of ketones is 1. The molecule has 0 spiro atoms. The molecule has 0 radical (unpaired) electrons. The molecule has 3 aromatic rings. The zero-order chi connectivity index (χ0) is 22.9. The van der Waals surface area contributed by atoms with E-state index in [-0.39, 0.29) is 17.1 Å². The van der Waals surface area contributed by atoms with E-state index in [0.717, 1.165) is 42.8 Å². The van der Waals surface area contributed by atoms with Gasteiger partial charge in [-0.15, -0.1) is 0 Å². The zero-order valence-electron chi connectivity index (χ0n) is 18.7. The minimum atomic E-state index is -0.453. The number of anilines is 2. The number of piperidine rings is 1. The van der Waals surface area contributed by atoms with Crippen LogP contribution in [0.5, 0.6) is 0 Å². The predicted octanol–water partition coefficient (Wildman–Crippen LogP) is 5.45. The Bertz CT molecular complexity index is 1090. The van der Waals surface area contributed by atoms with Crippen LogP contribution in [0.2, 0.25) is 5.02 Å². The highest BCUT2D eigenvalue weighted by molar-refractivity contribution is 6.30. The average Bonchev–Trinajstić information content (AvgIpc) is 3.19. The molecule has 2 aromatic heterocycles. The second-order valence-corrected chi connectivity index (χ2v) is 10.1. The molecule has 170 valence electrons. The summed E-state index contributed by atoms with van der Waals surface area (Å²) >= 11 is 6.01. The van der Waals surface area contributed by atoms with Gasteiger partial charge in [-0.05, 0) is 48.4 Å². The molecular formula is C24H29ClFN5O. The van der Waals surface area contributed by atoms with Gasteiger partial charge in [-0.25, -0.2) is 14.4 Å². The molecule has 0 amide bonds. The van der Waals surface area contributed by atoms with Crippen LogP contribution >= 0.6 is 11.6 Å². The van der Waals surface area contributed by atoms with Gasteiger partial charge in [0.1, 0.15) is 23.6 Å². The maximum Gasteiger partial charge on any atom is 0.155 e. The van der Waals surface area contributed by atoms with E-state index in [1.807, 2.05) is 33.0 Å². The lowest BCUT2D eigenvalue weighted by molar-refractivity contribution is -0.122. The highest BCUT2D eigenvalue weighted by Gasteiger charge is 2.34. The van der Waals surface area contributed by atoms with Crippen molar-refractivity contribution < 1.29 is 9.18 Å². The predicted molar refractivity (Wildman–Crippen MR) is 127 cm³/mol. The molecule has 1 aromatic carbocycles. The topological polar surface area (TPSA) is 73.9 Å². The zero-order valence-corrected chi connectivity index (χ0v) is 19.4. The molecule has 3 heterocycles. The number of Topliss-reactive ketones (excluding diaryl/α,β-unsaturated/α-hetero) is 1. The molecule has 4 rings (SSSR count). The quantitative estimate of drug-likeness (QED) is 0.514. The summed E-state index contributed by atoms with van der Waals surface area (Å²) < 4.78 is 13.8. The third-order valence-electron chi connectivity index (χ3n) is 6.00. The van der Waals surface area contributed by atoms with E-state index in [9.17, 15) is 9.18 Å². The van der Waals surface area contributed by atoms with Gasteiger partial charge in [0.2, 0.25) is 0 Å². The maximum atomic E-state index is 13.8. The van der Waals surface area contributed by atoms with Crippen molar-refractivity contribution in [3.63, 3.8) is 0 Å². The molecule has 32 heavy (non-hydrogen) atoms. The number of aromatic nitrogens is 3. The van der Waals surface area contributed by atoms with E-state index >= 15 is 0 Å². The molecule has 1 fully saturated rings. The molecule has 1 aliphatic heterocycles. The van der Waals surface area contributed by atoms with Gasteiger partial charge >= 0.3 is 0 Å². The summed E-state index contributed by atoms with van der Waals surface area (Å²) in [6.07, 6.45) is 5.89. The fraction of sp³-hybridized carbons (Fsp3) is 0.458. The molecule has 2 N–H and O–H groups in total. The average molecular weight is 458 g/mol. The van der Waals surface area contributed by atoms with Gasteiger partial charge in [0.15, 0.2) is 5.78 Å². The number of fused-ring (bicyclic) bond motifs is 1. The Morgan fingerprint density at radius 2 is 2.16 bits per heavy atom. The molecule has 0 aliphatic carbocycles. The summed E-state index contributed by atoms with van der Waals surface area (Å²) in [4.78, 5) is 27.6. The van der Waals surface area contributed by atoms with Crippen molar-refractivity contribution >= 4 is 39.9 Å². The summed E-state index contributed by atoms with van der Waals surface area (Å²) in [7, 11) is 0. The third-order valence-corrected chi connectivity index (χ3v) is 6.22. The van der Waals surface area contributed by atoms with Crippen LogP contribution in [0.25, 0.3) is 11.0 Å². The van der Waals surface area contributed by atoms with Crippen molar-refractivity contribution in [3.05, 3.63) is 47.6 Å². The van der Waals surface area contributed by atoms with Crippen molar-refractivity contribution in [1.29, 1.82) is 0 Å².